The van der Waals surface area contributed by atoms with Crippen LogP contribution in [0.5, 0.6) is 0 Å². The van der Waals surface area contributed by atoms with Crippen molar-refractivity contribution < 1.29 is 4.74 Å². The first kappa shape index (κ1) is 14.6. The Morgan fingerprint density at radius 3 is 2.90 bits per heavy atom. The van der Waals surface area contributed by atoms with Crippen molar-refractivity contribution in [1.29, 1.82) is 0 Å². The monoisotopic (exact) mass is 345 g/mol. The van der Waals surface area contributed by atoms with Gasteiger partial charge in [-0.15, -0.1) is 0 Å². The molecule has 0 spiro atoms. The molecule has 1 N–H and O–H groups in total. The number of para-hydroxylation sites is 1. The van der Waals surface area contributed by atoms with Crippen molar-refractivity contribution in [2.24, 2.45) is 0 Å². The van der Waals surface area contributed by atoms with Crippen LogP contribution < -0.4 is 5.32 Å². The quantitative estimate of drug-likeness (QED) is 0.845. The maximum Gasteiger partial charge on any atom is 0.0520 e. The minimum absolute atomic E-state index is 0.404. The molecule has 0 radical (unpaired) electrons. The van der Waals surface area contributed by atoms with Crippen LogP contribution in [0.1, 0.15) is 29.2 Å². The van der Waals surface area contributed by atoms with Gasteiger partial charge in [-0.25, -0.2) is 0 Å². The molecule has 2 aromatic carbocycles. The van der Waals surface area contributed by atoms with Crippen LogP contribution in [0.25, 0.3) is 0 Å². The molecule has 1 aliphatic carbocycles. The molecule has 0 aromatic heterocycles. The SMILES string of the molecule is COCCc1ccccc1NC1CCc2c(Br)cccc21. The van der Waals surface area contributed by atoms with Gasteiger partial charge in [0.25, 0.3) is 0 Å². The van der Waals surface area contributed by atoms with Crippen LogP contribution in [0.4, 0.5) is 5.69 Å². The zero-order valence-electron chi connectivity index (χ0n) is 12.2. The average molecular weight is 346 g/mol. The summed E-state index contributed by atoms with van der Waals surface area (Å²) in [6, 6.07) is 15.4. The lowest BCUT2D eigenvalue weighted by molar-refractivity contribution is 0.202. The highest BCUT2D eigenvalue weighted by atomic mass is 79.9. The van der Waals surface area contributed by atoms with Gasteiger partial charge in [0.05, 0.1) is 12.6 Å². The molecule has 110 valence electrons. The second kappa shape index (κ2) is 6.63. The van der Waals surface area contributed by atoms with Crippen LogP contribution in [-0.2, 0) is 17.6 Å². The molecule has 1 aliphatic rings. The number of methoxy groups -OCH3 is 1. The predicted octanol–water partition coefficient (Wildman–Crippen LogP) is 4.74. The van der Waals surface area contributed by atoms with E-state index in [0.29, 0.717) is 6.04 Å². The number of hydrogen-bond acceptors (Lipinski definition) is 2. The molecule has 0 bridgehead atoms. The van der Waals surface area contributed by atoms with Gasteiger partial charge < -0.3 is 10.1 Å². The van der Waals surface area contributed by atoms with Crippen LogP contribution in [0.15, 0.2) is 46.9 Å². The van der Waals surface area contributed by atoms with Crippen molar-refractivity contribution in [1.82, 2.24) is 0 Å². The zero-order valence-corrected chi connectivity index (χ0v) is 13.8. The van der Waals surface area contributed by atoms with Gasteiger partial charge in [-0.1, -0.05) is 46.3 Å². The number of rotatable bonds is 5. The van der Waals surface area contributed by atoms with Crippen molar-refractivity contribution in [3.8, 4) is 0 Å². The molecular formula is C18H20BrNO. The molecule has 3 heteroatoms. The summed E-state index contributed by atoms with van der Waals surface area (Å²) >= 11 is 3.66. The van der Waals surface area contributed by atoms with E-state index >= 15 is 0 Å². The largest absolute Gasteiger partial charge is 0.384 e. The lowest BCUT2D eigenvalue weighted by atomic mass is 10.1. The summed E-state index contributed by atoms with van der Waals surface area (Å²) in [6.07, 6.45) is 3.23. The standard InChI is InChI=1S/C18H20BrNO/c1-21-12-11-13-5-2-3-8-17(13)20-18-10-9-14-15(18)6-4-7-16(14)19/h2-8,18,20H,9-12H2,1H3. The molecule has 2 nitrogen and oxygen atoms in total. The first-order valence-corrected chi connectivity index (χ1v) is 8.19. The summed E-state index contributed by atoms with van der Waals surface area (Å²) in [7, 11) is 1.75. The van der Waals surface area contributed by atoms with Crippen molar-refractivity contribution >= 4 is 21.6 Å². The Balaban J connectivity index is 1.82. The second-order valence-electron chi connectivity index (χ2n) is 5.44. The summed E-state index contributed by atoms with van der Waals surface area (Å²) in [5.41, 5.74) is 5.42. The molecule has 1 atom stereocenters. The maximum absolute atomic E-state index is 5.21. The number of nitrogens with one attached hydrogen (secondary N) is 1. The van der Waals surface area contributed by atoms with Crippen LogP contribution in [0.2, 0.25) is 0 Å². The van der Waals surface area contributed by atoms with Crippen LogP contribution in [-0.4, -0.2) is 13.7 Å². The van der Waals surface area contributed by atoms with E-state index in [-0.39, 0.29) is 0 Å². The van der Waals surface area contributed by atoms with E-state index in [4.69, 9.17) is 4.74 Å². The van der Waals surface area contributed by atoms with Crippen LogP contribution >= 0.6 is 15.9 Å². The van der Waals surface area contributed by atoms with E-state index in [1.54, 1.807) is 7.11 Å². The Morgan fingerprint density at radius 2 is 2.05 bits per heavy atom. The fourth-order valence-electron chi connectivity index (χ4n) is 3.04. The lowest BCUT2D eigenvalue weighted by Crippen LogP contribution is -2.09. The molecular weight excluding hydrogens is 326 g/mol. The Kier molecular flexibility index (Phi) is 4.61. The molecule has 0 aliphatic heterocycles. The molecule has 0 heterocycles. The maximum atomic E-state index is 5.21. The third kappa shape index (κ3) is 3.14. The van der Waals surface area contributed by atoms with Gasteiger partial charge >= 0.3 is 0 Å². The van der Waals surface area contributed by atoms with Gasteiger partial charge in [0, 0.05) is 17.3 Å². The number of benzene rings is 2. The molecule has 21 heavy (non-hydrogen) atoms. The number of ether oxygens (including phenoxy) is 1. The number of anilines is 1. The van der Waals surface area contributed by atoms with Crippen LogP contribution in [0, 0.1) is 0 Å². The molecule has 3 rings (SSSR count). The first-order valence-electron chi connectivity index (χ1n) is 7.40. The highest BCUT2D eigenvalue weighted by Gasteiger charge is 2.24. The van der Waals surface area contributed by atoms with E-state index in [1.807, 2.05) is 0 Å². The summed E-state index contributed by atoms with van der Waals surface area (Å²) in [5.74, 6) is 0. The molecule has 2 aromatic rings. The lowest BCUT2D eigenvalue weighted by Gasteiger charge is -2.18. The first-order chi connectivity index (χ1) is 10.3. The minimum Gasteiger partial charge on any atom is -0.384 e. The summed E-state index contributed by atoms with van der Waals surface area (Å²) in [4.78, 5) is 0. The van der Waals surface area contributed by atoms with E-state index in [0.717, 1.165) is 25.9 Å². The van der Waals surface area contributed by atoms with Crippen molar-refractivity contribution in [2.75, 3.05) is 19.0 Å². The third-order valence-electron chi connectivity index (χ3n) is 4.14. The van der Waals surface area contributed by atoms with Crippen LogP contribution in [0.3, 0.4) is 0 Å². The van der Waals surface area contributed by atoms with Crippen molar-refractivity contribution in [3.63, 3.8) is 0 Å². The molecule has 0 fully saturated rings. The normalized spacial score (nSPS) is 16.8. The number of fused-ring (bicyclic) bond motifs is 1. The van der Waals surface area contributed by atoms with Gasteiger partial charge in [0.1, 0.15) is 0 Å². The number of hydrogen-bond donors (Lipinski definition) is 1. The summed E-state index contributed by atoms with van der Waals surface area (Å²) in [5, 5.41) is 3.73. The van der Waals surface area contributed by atoms with Crippen molar-refractivity contribution in [3.05, 3.63) is 63.6 Å². The predicted molar refractivity (Wildman–Crippen MR) is 90.8 cm³/mol. The highest BCUT2D eigenvalue weighted by molar-refractivity contribution is 9.10. The minimum atomic E-state index is 0.404. The van der Waals surface area contributed by atoms with E-state index < -0.39 is 0 Å². The fraction of sp³-hybridized carbons (Fsp3) is 0.333. The Morgan fingerprint density at radius 1 is 1.19 bits per heavy atom. The van der Waals surface area contributed by atoms with E-state index in [1.165, 1.54) is 26.9 Å². The fourth-order valence-corrected chi connectivity index (χ4v) is 3.62. The molecule has 0 saturated heterocycles. The van der Waals surface area contributed by atoms with Crippen molar-refractivity contribution in [2.45, 2.75) is 25.3 Å². The van der Waals surface area contributed by atoms with Gasteiger partial charge in [0.2, 0.25) is 0 Å². The van der Waals surface area contributed by atoms with E-state index in [9.17, 15) is 0 Å². The summed E-state index contributed by atoms with van der Waals surface area (Å²) < 4.78 is 6.44. The highest BCUT2D eigenvalue weighted by Crippen LogP contribution is 2.38. The molecule has 0 saturated carbocycles. The Hall–Kier alpha value is -1.32. The average Bonchev–Trinajstić information content (AvgIpc) is 2.91. The van der Waals surface area contributed by atoms with E-state index in [2.05, 4.69) is 63.7 Å². The smallest absolute Gasteiger partial charge is 0.0520 e. The van der Waals surface area contributed by atoms with Gasteiger partial charge in [-0.2, -0.15) is 0 Å². The topological polar surface area (TPSA) is 21.3 Å². The Bertz CT molecular complexity index is 626. The van der Waals surface area contributed by atoms with Gasteiger partial charge in [-0.05, 0) is 48.1 Å². The second-order valence-corrected chi connectivity index (χ2v) is 6.30. The number of halogens is 1. The zero-order chi connectivity index (χ0) is 14.7. The van der Waals surface area contributed by atoms with Gasteiger partial charge in [0.15, 0.2) is 0 Å². The Labute approximate surface area is 134 Å². The summed E-state index contributed by atoms with van der Waals surface area (Å²) in [6.45, 7) is 0.755. The van der Waals surface area contributed by atoms with Gasteiger partial charge in [-0.3, -0.25) is 0 Å². The molecule has 0 amide bonds. The third-order valence-corrected chi connectivity index (χ3v) is 4.88. The molecule has 1 unspecified atom stereocenters.